The van der Waals surface area contributed by atoms with Gasteiger partial charge in [-0.1, -0.05) is 54.4 Å². The Morgan fingerprint density at radius 3 is 2.40 bits per heavy atom. The molecule has 0 aliphatic carbocycles. The molecular formula is C18H23NO. The van der Waals surface area contributed by atoms with E-state index in [9.17, 15) is 0 Å². The van der Waals surface area contributed by atoms with Crippen LogP contribution in [0.25, 0.3) is 0 Å². The molecule has 2 aromatic rings. The molecule has 0 aliphatic heterocycles. The van der Waals surface area contributed by atoms with E-state index < -0.39 is 0 Å². The lowest BCUT2D eigenvalue weighted by Crippen LogP contribution is -2.12. The highest BCUT2D eigenvalue weighted by Crippen LogP contribution is 2.20. The summed E-state index contributed by atoms with van der Waals surface area (Å²) in [5.41, 5.74) is 4.99. The van der Waals surface area contributed by atoms with Gasteiger partial charge in [0.05, 0.1) is 0 Å². The van der Waals surface area contributed by atoms with E-state index in [1.807, 2.05) is 12.1 Å². The van der Waals surface area contributed by atoms with Crippen molar-refractivity contribution in [2.75, 3.05) is 6.54 Å². The van der Waals surface area contributed by atoms with Crippen LogP contribution in [0.4, 0.5) is 0 Å². The van der Waals surface area contributed by atoms with Crippen LogP contribution in [0.2, 0.25) is 0 Å². The summed E-state index contributed by atoms with van der Waals surface area (Å²) in [4.78, 5) is 0. The van der Waals surface area contributed by atoms with Gasteiger partial charge in [0, 0.05) is 12.1 Å². The molecule has 0 bridgehead atoms. The Morgan fingerprint density at radius 2 is 1.70 bits per heavy atom. The minimum absolute atomic E-state index is 0.617. The van der Waals surface area contributed by atoms with E-state index in [0.717, 1.165) is 18.8 Å². The van der Waals surface area contributed by atoms with Crippen molar-refractivity contribution in [3.05, 3.63) is 64.7 Å². The second-order valence-electron chi connectivity index (χ2n) is 5.17. The van der Waals surface area contributed by atoms with Gasteiger partial charge >= 0.3 is 0 Å². The molecule has 20 heavy (non-hydrogen) atoms. The number of nitrogens with one attached hydrogen (secondary N) is 1. The first-order valence-electron chi connectivity index (χ1n) is 7.17. The predicted molar refractivity (Wildman–Crippen MR) is 84.1 cm³/mol. The number of para-hydroxylation sites is 1. The van der Waals surface area contributed by atoms with Crippen LogP contribution in [0.1, 0.15) is 29.2 Å². The predicted octanol–water partition coefficient (Wildman–Crippen LogP) is 3.99. The van der Waals surface area contributed by atoms with Gasteiger partial charge < -0.3 is 10.1 Å². The lowest BCUT2D eigenvalue weighted by molar-refractivity contribution is 0.302. The summed E-state index contributed by atoms with van der Waals surface area (Å²) in [5.74, 6) is 0.965. The van der Waals surface area contributed by atoms with Gasteiger partial charge in [-0.3, -0.25) is 0 Å². The first-order valence-corrected chi connectivity index (χ1v) is 7.17. The van der Waals surface area contributed by atoms with Gasteiger partial charge in [0.2, 0.25) is 0 Å². The largest absolute Gasteiger partial charge is 0.489 e. The highest BCUT2D eigenvalue weighted by Gasteiger charge is 2.03. The highest BCUT2D eigenvalue weighted by atomic mass is 16.5. The molecule has 2 heteroatoms. The fourth-order valence-corrected chi connectivity index (χ4v) is 2.36. The van der Waals surface area contributed by atoms with E-state index in [1.165, 1.54) is 22.3 Å². The average Bonchev–Trinajstić information content (AvgIpc) is 2.43. The minimum atomic E-state index is 0.617. The van der Waals surface area contributed by atoms with Crippen molar-refractivity contribution in [1.29, 1.82) is 0 Å². The van der Waals surface area contributed by atoms with Crippen LogP contribution in [0.3, 0.4) is 0 Å². The molecule has 0 spiro atoms. The topological polar surface area (TPSA) is 21.3 Å². The molecule has 0 atom stereocenters. The van der Waals surface area contributed by atoms with E-state index >= 15 is 0 Å². The molecule has 1 N–H and O–H groups in total. The van der Waals surface area contributed by atoms with Crippen LogP contribution in [0, 0.1) is 13.8 Å². The van der Waals surface area contributed by atoms with Gasteiger partial charge in [-0.25, -0.2) is 0 Å². The molecule has 2 aromatic carbocycles. The van der Waals surface area contributed by atoms with Crippen molar-refractivity contribution in [2.24, 2.45) is 0 Å². The highest BCUT2D eigenvalue weighted by molar-refractivity contribution is 5.34. The molecular weight excluding hydrogens is 246 g/mol. The number of benzene rings is 2. The van der Waals surface area contributed by atoms with Crippen LogP contribution in [0.15, 0.2) is 42.5 Å². The van der Waals surface area contributed by atoms with Crippen molar-refractivity contribution >= 4 is 0 Å². The second kappa shape index (κ2) is 7.11. The van der Waals surface area contributed by atoms with Crippen LogP contribution in [-0.4, -0.2) is 6.54 Å². The Hall–Kier alpha value is -1.80. The van der Waals surface area contributed by atoms with Crippen LogP contribution < -0.4 is 10.1 Å². The van der Waals surface area contributed by atoms with E-state index in [0.29, 0.717) is 6.61 Å². The number of hydrogen-bond acceptors (Lipinski definition) is 2. The zero-order valence-electron chi connectivity index (χ0n) is 12.6. The maximum absolute atomic E-state index is 5.99. The Balaban J connectivity index is 2.06. The third-order valence-corrected chi connectivity index (χ3v) is 3.21. The number of hydrogen-bond donors (Lipinski definition) is 1. The van der Waals surface area contributed by atoms with Gasteiger partial charge in [0.15, 0.2) is 0 Å². The summed E-state index contributed by atoms with van der Waals surface area (Å²) >= 11 is 0. The second-order valence-corrected chi connectivity index (χ2v) is 5.17. The Kier molecular flexibility index (Phi) is 5.19. The lowest BCUT2D eigenvalue weighted by atomic mass is 10.1. The molecule has 0 saturated carbocycles. The van der Waals surface area contributed by atoms with Gasteiger partial charge in [-0.15, -0.1) is 0 Å². The minimum Gasteiger partial charge on any atom is -0.489 e. The fourth-order valence-electron chi connectivity index (χ4n) is 2.36. The van der Waals surface area contributed by atoms with Gasteiger partial charge in [0.1, 0.15) is 12.4 Å². The number of rotatable bonds is 6. The third-order valence-electron chi connectivity index (χ3n) is 3.21. The van der Waals surface area contributed by atoms with Crippen LogP contribution in [-0.2, 0) is 13.2 Å². The number of ether oxygens (including phenoxy) is 1. The van der Waals surface area contributed by atoms with E-state index in [1.54, 1.807) is 0 Å². The molecule has 0 heterocycles. The quantitative estimate of drug-likeness (QED) is 0.856. The molecule has 0 radical (unpaired) electrons. The van der Waals surface area contributed by atoms with E-state index in [-0.39, 0.29) is 0 Å². The zero-order chi connectivity index (χ0) is 14.4. The standard InChI is InChI=1S/C18H23NO/c1-4-19-12-17-7-5-6-8-18(17)20-13-16-10-14(2)9-15(3)11-16/h5-11,19H,4,12-13H2,1-3H3. The van der Waals surface area contributed by atoms with Gasteiger partial charge in [-0.05, 0) is 32.0 Å². The SMILES string of the molecule is CCNCc1ccccc1OCc1cc(C)cc(C)c1. The summed E-state index contributed by atoms with van der Waals surface area (Å²) in [6.45, 7) is 8.78. The number of aryl methyl sites for hydroxylation is 2. The van der Waals surface area contributed by atoms with E-state index in [2.05, 4.69) is 56.4 Å². The van der Waals surface area contributed by atoms with Crippen LogP contribution >= 0.6 is 0 Å². The summed E-state index contributed by atoms with van der Waals surface area (Å²) in [6, 6.07) is 14.8. The lowest BCUT2D eigenvalue weighted by Gasteiger charge is -2.12. The summed E-state index contributed by atoms with van der Waals surface area (Å²) in [6.07, 6.45) is 0. The first-order chi connectivity index (χ1) is 9.69. The van der Waals surface area contributed by atoms with Crippen molar-refractivity contribution in [3.63, 3.8) is 0 Å². The first kappa shape index (κ1) is 14.6. The summed E-state index contributed by atoms with van der Waals surface area (Å²) < 4.78 is 5.99. The molecule has 2 nitrogen and oxygen atoms in total. The molecule has 0 saturated heterocycles. The van der Waals surface area contributed by atoms with Crippen molar-refractivity contribution in [1.82, 2.24) is 5.32 Å². The maximum atomic E-state index is 5.99. The maximum Gasteiger partial charge on any atom is 0.124 e. The Morgan fingerprint density at radius 1 is 1.00 bits per heavy atom. The van der Waals surface area contributed by atoms with Crippen LogP contribution in [0.5, 0.6) is 5.75 Å². The molecule has 0 unspecified atom stereocenters. The monoisotopic (exact) mass is 269 g/mol. The molecule has 0 fully saturated rings. The summed E-state index contributed by atoms with van der Waals surface area (Å²) in [5, 5.41) is 3.34. The third kappa shape index (κ3) is 4.10. The average molecular weight is 269 g/mol. The smallest absolute Gasteiger partial charge is 0.124 e. The van der Waals surface area contributed by atoms with Gasteiger partial charge in [-0.2, -0.15) is 0 Å². The van der Waals surface area contributed by atoms with Crippen molar-refractivity contribution in [2.45, 2.75) is 33.9 Å². The Bertz CT molecular complexity index is 543. The van der Waals surface area contributed by atoms with E-state index in [4.69, 9.17) is 4.74 Å². The van der Waals surface area contributed by atoms with Crippen molar-refractivity contribution < 1.29 is 4.74 Å². The zero-order valence-corrected chi connectivity index (χ0v) is 12.6. The van der Waals surface area contributed by atoms with Crippen molar-refractivity contribution in [3.8, 4) is 5.75 Å². The normalized spacial score (nSPS) is 10.6. The molecule has 106 valence electrons. The molecule has 0 aromatic heterocycles. The Labute approximate surface area is 121 Å². The molecule has 0 aliphatic rings. The summed E-state index contributed by atoms with van der Waals surface area (Å²) in [7, 11) is 0. The molecule has 0 amide bonds. The molecule has 2 rings (SSSR count). The fraction of sp³-hybridized carbons (Fsp3) is 0.333. The van der Waals surface area contributed by atoms with Gasteiger partial charge in [0.25, 0.3) is 0 Å².